The lowest BCUT2D eigenvalue weighted by atomic mass is 10.0. The minimum Gasteiger partial charge on any atom is -0.385 e. The van der Waals surface area contributed by atoms with Crippen molar-refractivity contribution in [3.8, 4) is 0 Å². The maximum atomic E-state index is 13.0. The molecule has 0 fully saturated rings. The number of para-hydroxylation sites is 1. The minimum atomic E-state index is 0.0972. The molecule has 0 atom stereocenters. The second-order valence-corrected chi connectivity index (χ2v) is 6.02. The number of carbonyl (C=O) groups excluding carboxylic acids is 1. The van der Waals surface area contributed by atoms with Gasteiger partial charge in [-0.25, -0.2) is 0 Å². The van der Waals surface area contributed by atoms with Crippen molar-refractivity contribution in [2.75, 3.05) is 13.7 Å². The van der Waals surface area contributed by atoms with E-state index in [1.165, 1.54) is 0 Å². The van der Waals surface area contributed by atoms with Crippen LogP contribution in [0.2, 0.25) is 0 Å². The maximum Gasteiger partial charge on any atom is 0.195 e. The molecular weight excluding hydrogens is 298 g/mol. The molecule has 0 aliphatic rings. The summed E-state index contributed by atoms with van der Waals surface area (Å²) in [4.78, 5) is 13.0. The Morgan fingerprint density at radius 2 is 1.71 bits per heavy atom. The van der Waals surface area contributed by atoms with Gasteiger partial charge >= 0.3 is 0 Å². The molecule has 0 bridgehead atoms. The lowest BCUT2D eigenvalue weighted by Crippen LogP contribution is -2.06. The Balaban J connectivity index is 2.02. The molecule has 3 nitrogen and oxygen atoms in total. The van der Waals surface area contributed by atoms with Crippen LogP contribution in [0.15, 0.2) is 54.6 Å². The van der Waals surface area contributed by atoms with Gasteiger partial charge in [-0.1, -0.05) is 48.5 Å². The Labute approximate surface area is 142 Å². The zero-order valence-corrected chi connectivity index (χ0v) is 14.3. The van der Waals surface area contributed by atoms with Crippen molar-refractivity contribution in [1.29, 1.82) is 0 Å². The van der Waals surface area contributed by atoms with Crippen molar-refractivity contribution in [2.24, 2.45) is 0 Å². The van der Waals surface area contributed by atoms with Gasteiger partial charge in [0.05, 0.1) is 5.56 Å². The van der Waals surface area contributed by atoms with Crippen molar-refractivity contribution < 1.29 is 9.53 Å². The Morgan fingerprint density at radius 1 is 1.00 bits per heavy atom. The zero-order chi connectivity index (χ0) is 16.9. The summed E-state index contributed by atoms with van der Waals surface area (Å²) < 4.78 is 7.40. The molecule has 0 unspecified atom stereocenters. The topological polar surface area (TPSA) is 31.2 Å². The lowest BCUT2D eigenvalue weighted by molar-refractivity contribution is 0.103. The van der Waals surface area contributed by atoms with Crippen molar-refractivity contribution in [3.05, 3.63) is 71.4 Å². The third kappa shape index (κ3) is 3.13. The van der Waals surface area contributed by atoms with E-state index in [-0.39, 0.29) is 5.78 Å². The highest BCUT2D eigenvalue weighted by molar-refractivity contribution is 6.17. The van der Waals surface area contributed by atoms with Gasteiger partial charge in [-0.2, -0.15) is 0 Å². The van der Waals surface area contributed by atoms with Crippen LogP contribution in [-0.2, 0) is 11.3 Å². The Kier molecular flexibility index (Phi) is 5.11. The summed E-state index contributed by atoms with van der Waals surface area (Å²) >= 11 is 0. The Bertz CT molecular complexity index is 834. The van der Waals surface area contributed by atoms with Crippen molar-refractivity contribution >= 4 is 16.7 Å². The average Bonchev–Trinajstić information content (AvgIpc) is 2.90. The number of unbranched alkanes of at least 4 members (excludes halogenated alkanes) is 1. The van der Waals surface area contributed by atoms with E-state index >= 15 is 0 Å². The molecule has 2 aromatic carbocycles. The number of hydrogen-bond acceptors (Lipinski definition) is 2. The molecule has 0 aliphatic carbocycles. The fraction of sp³-hybridized carbons (Fsp3) is 0.286. The van der Waals surface area contributed by atoms with Gasteiger partial charge in [0.2, 0.25) is 0 Å². The molecule has 0 saturated heterocycles. The predicted molar refractivity (Wildman–Crippen MR) is 97.7 cm³/mol. The number of ketones is 1. The van der Waals surface area contributed by atoms with Gasteiger partial charge < -0.3 is 9.30 Å². The van der Waals surface area contributed by atoms with Crippen LogP contribution in [0.4, 0.5) is 0 Å². The van der Waals surface area contributed by atoms with Crippen molar-refractivity contribution in [3.63, 3.8) is 0 Å². The number of carbonyl (C=O) groups is 1. The average molecular weight is 321 g/mol. The second kappa shape index (κ2) is 7.45. The van der Waals surface area contributed by atoms with Crippen LogP contribution in [0.3, 0.4) is 0 Å². The molecule has 1 aromatic heterocycles. The fourth-order valence-electron chi connectivity index (χ4n) is 3.26. The third-order valence-electron chi connectivity index (χ3n) is 4.47. The van der Waals surface area contributed by atoms with Crippen LogP contribution in [0.5, 0.6) is 0 Å². The fourth-order valence-corrected chi connectivity index (χ4v) is 3.26. The number of hydrogen-bond donors (Lipinski definition) is 0. The number of methoxy groups -OCH3 is 1. The van der Waals surface area contributed by atoms with Gasteiger partial charge in [-0.15, -0.1) is 0 Å². The van der Waals surface area contributed by atoms with Gasteiger partial charge in [0, 0.05) is 42.4 Å². The molecule has 3 rings (SSSR count). The smallest absolute Gasteiger partial charge is 0.195 e. The molecule has 3 heteroatoms. The minimum absolute atomic E-state index is 0.0972. The molecule has 0 aliphatic heterocycles. The zero-order valence-electron chi connectivity index (χ0n) is 14.3. The number of rotatable bonds is 7. The van der Waals surface area contributed by atoms with Crippen molar-refractivity contribution in [1.82, 2.24) is 4.57 Å². The predicted octanol–water partition coefficient (Wildman–Crippen LogP) is 4.61. The number of nitrogens with zero attached hydrogens (tertiary/aromatic N) is 1. The number of fused-ring (bicyclic) bond motifs is 1. The lowest BCUT2D eigenvalue weighted by Gasteiger charge is -2.08. The van der Waals surface area contributed by atoms with E-state index in [9.17, 15) is 4.79 Å². The third-order valence-corrected chi connectivity index (χ3v) is 4.47. The Hall–Kier alpha value is -2.39. The SMILES string of the molecule is COCCCCn1c(C)c(C(=O)c2ccccc2)c2ccccc21. The van der Waals surface area contributed by atoms with Crippen LogP contribution in [0, 0.1) is 6.92 Å². The molecule has 0 saturated carbocycles. The van der Waals surface area contributed by atoms with Crippen LogP contribution in [0.1, 0.15) is 34.5 Å². The molecule has 3 aromatic rings. The van der Waals surface area contributed by atoms with Crippen LogP contribution in [-0.4, -0.2) is 24.1 Å². The van der Waals surface area contributed by atoms with Gasteiger partial charge in [-0.05, 0) is 25.8 Å². The molecule has 0 radical (unpaired) electrons. The molecule has 0 spiro atoms. The standard InChI is InChI=1S/C21H23NO2/c1-16-20(21(23)17-10-4-3-5-11-17)18-12-6-7-13-19(18)22(16)14-8-9-15-24-2/h3-7,10-13H,8-9,14-15H2,1-2H3. The molecule has 0 amide bonds. The van der Waals surface area contributed by atoms with Gasteiger partial charge in [-0.3, -0.25) is 4.79 Å². The Morgan fingerprint density at radius 3 is 2.46 bits per heavy atom. The van der Waals surface area contributed by atoms with E-state index in [1.807, 2.05) is 55.5 Å². The number of benzene rings is 2. The largest absolute Gasteiger partial charge is 0.385 e. The summed E-state index contributed by atoms with van der Waals surface area (Å²) in [5.74, 6) is 0.0972. The summed E-state index contributed by atoms with van der Waals surface area (Å²) in [7, 11) is 1.73. The van der Waals surface area contributed by atoms with E-state index in [0.29, 0.717) is 0 Å². The first-order valence-corrected chi connectivity index (χ1v) is 8.40. The first-order valence-electron chi connectivity index (χ1n) is 8.40. The highest BCUT2D eigenvalue weighted by atomic mass is 16.5. The van der Waals surface area contributed by atoms with Crippen molar-refractivity contribution in [2.45, 2.75) is 26.3 Å². The molecule has 124 valence electrons. The summed E-state index contributed by atoms with van der Waals surface area (Å²) in [6.45, 7) is 3.72. The van der Waals surface area contributed by atoms with Crippen LogP contribution in [0.25, 0.3) is 10.9 Å². The number of aromatic nitrogens is 1. The highest BCUT2D eigenvalue weighted by Gasteiger charge is 2.20. The number of aryl methyl sites for hydroxylation is 1. The first-order chi connectivity index (χ1) is 11.7. The van der Waals surface area contributed by atoms with E-state index in [2.05, 4.69) is 10.6 Å². The normalized spacial score (nSPS) is 11.1. The summed E-state index contributed by atoms with van der Waals surface area (Å²) in [6.07, 6.45) is 2.05. The van der Waals surface area contributed by atoms with E-state index in [4.69, 9.17) is 4.74 Å². The van der Waals surface area contributed by atoms with E-state index < -0.39 is 0 Å². The second-order valence-electron chi connectivity index (χ2n) is 6.02. The first kappa shape index (κ1) is 16.5. The van der Waals surface area contributed by atoms with E-state index in [0.717, 1.165) is 53.7 Å². The monoisotopic (exact) mass is 321 g/mol. The highest BCUT2D eigenvalue weighted by Crippen LogP contribution is 2.28. The quantitative estimate of drug-likeness (QED) is 0.470. The van der Waals surface area contributed by atoms with Crippen LogP contribution < -0.4 is 0 Å². The van der Waals surface area contributed by atoms with Crippen LogP contribution >= 0.6 is 0 Å². The molecule has 1 heterocycles. The van der Waals surface area contributed by atoms with Gasteiger partial charge in [0.15, 0.2) is 5.78 Å². The number of ether oxygens (including phenoxy) is 1. The summed E-state index contributed by atoms with van der Waals surface area (Å²) in [5.41, 5.74) is 3.74. The van der Waals surface area contributed by atoms with E-state index in [1.54, 1.807) is 7.11 Å². The molecule has 0 N–H and O–H groups in total. The molecule has 24 heavy (non-hydrogen) atoms. The summed E-state index contributed by atoms with van der Waals surface area (Å²) in [6, 6.07) is 17.7. The van der Waals surface area contributed by atoms with Gasteiger partial charge in [0.25, 0.3) is 0 Å². The molecular formula is C21H23NO2. The maximum absolute atomic E-state index is 13.0. The summed E-state index contributed by atoms with van der Waals surface area (Å²) in [5, 5.41) is 1.04. The van der Waals surface area contributed by atoms with Gasteiger partial charge in [0.1, 0.15) is 0 Å².